The zero-order chi connectivity index (χ0) is 10.6. The van der Waals surface area contributed by atoms with Crippen molar-refractivity contribution in [3.63, 3.8) is 0 Å². The van der Waals surface area contributed by atoms with Crippen molar-refractivity contribution in [2.45, 2.75) is 6.54 Å². The number of nitrogens with zero attached hydrogens (tertiary/aromatic N) is 1. The molecule has 0 amide bonds. The van der Waals surface area contributed by atoms with Crippen LogP contribution in [-0.4, -0.2) is 26.8 Å². The van der Waals surface area contributed by atoms with E-state index in [1.54, 1.807) is 7.05 Å². The van der Waals surface area contributed by atoms with E-state index in [9.17, 15) is 8.42 Å². The first-order chi connectivity index (χ1) is 6.47. The lowest BCUT2D eigenvalue weighted by Gasteiger charge is -2.13. The number of rotatable bonds is 4. The van der Waals surface area contributed by atoms with Gasteiger partial charge in [0, 0.05) is 7.05 Å². The summed E-state index contributed by atoms with van der Waals surface area (Å²) in [5.74, 6) is 0. The van der Waals surface area contributed by atoms with E-state index in [0.717, 1.165) is 11.8 Å². The van der Waals surface area contributed by atoms with Gasteiger partial charge in [-0.3, -0.25) is 0 Å². The van der Waals surface area contributed by atoms with Crippen LogP contribution in [0.4, 0.5) is 0 Å². The zero-order valence-corrected chi connectivity index (χ0v) is 8.99. The van der Waals surface area contributed by atoms with Crippen LogP contribution in [0.2, 0.25) is 0 Å². The van der Waals surface area contributed by atoms with Gasteiger partial charge in [0.25, 0.3) is 10.1 Å². The molecule has 5 heteroatoms. The highest BCUT2D eigenvalue weighted by Gasteiger charge is 2.07. The summed E-state index contributed by atoms with van der Waals surface area (Å²) >= 11 is 0. The average molecular weight is 215 g/mol. The normalized spacial score (nSPS) is 11.9. The van der Waals surface area contributed by atoms with E-state index in [2.05, 4.69) is 4.28 Å². The minimum atomic E-state index is -3.42. The molecule has 0 aliphatic rings. The van der Waals surface area contributed by atoms with Gasteiger partial charge in [-0.25, -0.2) is 0 Å². The fraction of sp³-hybridized carbons (Fsp3) is 0.333. The standard InChI is InChI=1S/C9H13NO3S/c1-10(13-14(2,11)12)8-9-6-4-3-5-7-9/h3-7H,8H2,1-2H3. The Morgan fingerprint density at radius 1 is 1.29 bits per heavy atom. The van der Waals surface area contributed by atoms with Crippen LogP contribution in [0.15, 0.2) is 30.3 Å². The molecule has 0 unspecified atom stereocenters. The molecule has 0 saturated heterocycles. The SMILES string of the molecule is CN(Cc1ccccc1)OS(C)(=O)=O. The molecular formula is C9H13NO3S. The van der Waals surface area contributed by atoms with E-state index < -0.39 is 10.1 Å². The number of hydrogen-bond donors (Lipinski definition) is 0. The molecule has 14 heavy (non-hydrogen) atoms. The van der Waals surface area contributed by atoms with E-state index in [1.807, 2.05) is 30.3 Å². The van der Waals surface area contributed by atoms with Crippen LogP contribution in [0.1, 0.15) is 5.56 Å². The van der Waals surface area contributed by atoms with Crippen molar-refractivity contribution in [3.8, 4) is 0 Å². The van der Waals surface area contributed by atoms with Gasteiger partial charge in [0.1, 0.15) is 0 Å². The molecule has 0 heterocycles. The summed E-state index contributed by atoms with van der Waals surface area (Å²) in [7, 11) is -1.84. The van der Waals surface area contributed by atoms with Crippen LogP contribution in [-0.2, 0) is 20.9 Å². The van der Waals surface area contributed by atoms with Gasteiger partial charge in [0.15, 0.2) is 0 Å². The summed E-state index contributed by atoms with van der Waals surface area (Å²) in [6.45, 7) is 0.438. The maximum absolute atomic E-state index is 10.8. The molecule has 0 fully saturated rings. The molecule has 0 spiro atoms. The van der Waals surface area contributed by atoms with Gasteiger partial charge in [0.05, 0.1) is 12.8 Å². The lowest BCUT2D eigenvalue weighted by molar-refractivity contribution is -0.0314. The first-order valence-corrected chi connectivity index (χ1v) is 5.93. The molecule has 0 atom stereocenters. The van der Waals surface area contributed by atoms with Crippen LogP contribution in [0.5, 0.6) is 0 Å². The predicted molar refractivity (Wildman–Crippen MR) is 53.8 cm³/mol. The van der Waals surface area contributed by atoms with E-state index in [1.165, 1.54) is 5.06 Å². The van der Waals surface area contributed by atoms with Gasteiger partial charge in [-0.1, -0.05) is 30.3 Å². The molecule has 4 nitrogen and oxygen atoms in total. The Hall–Kier alpha value is -0.910. The Balaban J connectivity index is 2.54. The van der Waals surface area contributed by atoms with Crippen molar-refractivity contribution in [3.05, 3.63) is 35.9 Å². The summed E-state index contributed by atoms with van der Waals surface area (Å²) in [6.07, 6.45) is 1.02. The van der Waals surface area contributed by atoms with Gasteiger partial charge < -0.3 is 0 Å². The second kappa shape index (κ2) is 4.54. The maximum atomic E-state index is 10.8. The third kappa shape index (κ3) is 4.36. The summed E-state index contributed by atoms with van der Waals surface area (Å²) in [5.41, 5.74) is 0.999. The Labute approximate surface area is 84.2 Å². The molecule has 0 bridgehead atoms. The van der Waals surface area contributed by atoms with Crippen LogP contribution >= 0.6 is 0 Å². The van der Waals surface area contributed by atoms with Gasteiger partial charge >= 0.3 is 0 Å². The van der Waals surface area contributed by atoms with E-state index >= 15 is 0 Å². The van der Waals surface area contributed by atoms with Crippen molar-refractivity contribution >= 4 is 10.1 Å². The van der Waals surface area contributed by atoms with E-state index in [0.29, 0.717) is 6.54 Å². The second-order valence-corrected chi connectivity index (χ2v) is 4.61. The van der Waals surface area contributed by atoms with Crippen molar-refractivity contribution in [2.75, 3.05) is 13.3 Å². The van der Waals surface area contributed by atoms with E-state index in [4.69, 9.17) is 0 Å². The highest BCUT2D eigenvalue weighted by Crippen LogP contribution is 2.04. The molecule has 0 aliphatic heterocycles. The highest BCUT2D eigenvalue weighted by molar-refractivity contribution is 7.85. The Morgan fingerprint density at radius 2 is 1.86 bits per heavy atom. The molecule has 0 aromatic heterocycles. The number of benzene rings is 1. The predicted octanol–water partition coefficient (Wildman–Crippen LogP) is 1.01. The lowest BCUT2D eigenvalue weighted by Crippen LogP contribution is -2.22. The third-order valence-corrected chi connectivity index (χ3v) is 2.04. The lowest BCUT2D eigenvalue weighted by atomic mass is 10.2. The molecule has 78 valence electrons. The molecule has 0 aliphatic carbocycles. The zero-order valence-electron chi connectivity index (χ0n) is 8.17. The molecule has 0 radical (unpaired) electrons. The quantitative estimate of drug-likeness (QED) is 0.703. The minimum absolute atomic E-state index is 0.438. The minimum Gasteiger partial charge on any atom is -0.198 e. The maximum Gasteiger partial charge on any atom is 0.280 e. The smallest absolute Gasteiger partial charge is 0.198 e. The molecular weight excluding hydrogens is 202 g/mol. The largest absolute Gasteiger partial charge is 0.280 e. The summed E-state index contributed by atoms with van der Waals surface area (Å²) in [6, 6.07) is 9.50. The first-order valence-electron chi connectivity index (χ1n) is 4.12. The van der Waals surface area contributed by atoms with Crippen molar-refractivity contribution < 1.29 is 12.7 Å². The van der Waals surface area contributed by atoms with Gasteiger partial charge in [-0.15, -0.1) is 0 Å². The fourth-order valence-corrected chi connectivity index (χ4v) is 1.61. The van der Waals surface area contributed by atoms with Crippen molar-refractivity contribution in [2.24, 2.45) is 0 Å². The Morgan fingerprint density at radius 3 is 2.36 bits per heavy atom. The number of hydrogen-bond acceptors (Lipinski definition) is 4. The highest BCUT2D eigenvalue weighted by atomic mass is 32.2. The van der Waals surface area contributed by atoms with Crippen molar-refractivity contribution in [1.29, 1.82) is 0 Å². The molecule has 0 N–H and O–H groups in total. The van der Waals surface area contributed by atoms with Crippen molar-refractivity contribution in [1.82, 2.24) is 5.06 Å². The van der Waals surface area contributed by atoms with Crippen LogP contribution in [0.25, 0.3) is 0 Å². The van der Waals surface area contributed by atoms with Gasteiger partial charge in [-0.05, 0) is 5.56 Å². The Kier molecular flexibility index (Phi) is 3.62. The molecule has 0 saturated carbocycles. The fourth-order valence-electron chi connectivity index (χ4n) is 1.10. The number of hydroxylamine groups is 2. The topological polar surface area (TPSA) is 46.6 Å². The molecule has 1 aromatic rings. The summed E-state index contributed by atoms with van der Waals surface area (Å²) in [5, 5.41) is 1.28. The summed E-state index contributed by atoms with van der Waals surface area (Å²) < 4.78 is 26.2. The first kappa shape index (κ1) is 11.2. The third-order valence-electron chi connectivity index (χ3n) is 1.51. The molecule has 1 aromatic carbocycles. The Bertz CT molecular complexity index is 374. The molecule has 1 rings (SSSR count). The van der Waals surface area contributed by atoms with Crippen LogP contribution < -0.4 is 0 Å². The summed E-state index contributed by atoms with van der Waals surface area (Å²) in [4.78, 5) is 0. The van der Waals surface area contributed by atoms with Crippen LogP contribution in [0.3, 0.4) is 0 Å². The van der Waals surface area contributed by atoms with Gasteiger partial charge in [0.2, 0.25) is 0 Å². The van der Waals surface area contributed by atoms with Gasteiger partial charge in [-0.2, -0.15) is 17.8 Å². The monoisotopic (exact) mass is 215 g/mol. The van der Waals surface area contributed by atoms with Crippen LogP contribution in [0, 0.1) is 0 Å². The second-order valence-electron chi connectivity index (χ2n) is 3.05. The van der Waals surface area contributed by atoms with E-state index in [-0.39, 0.29) is 0 Å². The average Bonchev–Trinajstić information content (AvgIpc) is 2.02.